The molecule has 2 aromatic carbocycles. The zero-order chi connectivity index (χ0) is 16.1. The molecule has 0 radical (unpaired) electrons. The van der Waals surface area contributed by atoms with Crippen LogP contribution in [0.2, 0.25) is 0 Å². The summed E-state index contributed by atoms with van der Waals surface area (Å²) in [7, 11) is 1.80. The first-order valence-corrected chi connectivity index (χ1v) is 8.56. The van der Waals surface area contributed by atoms with Crippen molar-refractivity contribution in [1.82, 2.24) is 10.2 Å². The number of urea groups is 1. The summed E-state index contributed by atoms with van der Waals surface area (Å²) in [6.45, 7) is 2.55. The van der Waals surface area contributed by atoms with Crippen molar-refractivity contribution in [2.24, 2.45) is 0 Å². The van der Waals surface area contributed by atoms with Crippen molar-refractivity contribution in [2.75, 3.05) is 7.05 Å². The minimum absolute atomic E-state index is 0.0441. The fourth-order valence-corrected chi connectivity index (χ4v) is 2.77. The summed E-state index contributed by atoms with van der Waals surface area (Å²) in [4.78, 5) is 14.0. The van der Waals surface area contributed by atoms with E-state index in [9.17, 15) is 4.79 Å². The Morgan fingerprint density at radius 3 is 2.45 bits per heavy atom. The fourth-order valence-electron chi connectivity index (χ4n) is 2.09. The van der Waals surface area contributed by atoms with Crippen LogP contribution in [-0.4, -0.2) is 18.0 Å². The van der Waals surface area contributed by atoms with Crippen LogP contribution in [0.5, 0.6) is 0 Å². The Morgan fingerprint density at radius 2 is 1.82 bits per heavy atom. The van der Waals surface area contributed by atoms with Gasteiger partial charge in [-0.15, -0.1) is 0 Å². The molecule has 0 saturated carbocycles. The summed E-state index contributed by atoms with van der Waals surface area (Å²) >= 11 is 6.86. The Kier molecular flexibility index (Phi) is 6.03. The maximum Gasteiger partial charge on any atom is 0.317 e. The Morgan fingerprint density at radius 1 is 1.14 bits per heavy atom. The summed E-state index contributed by atoms with van der Waals surface area (Å²) in [6.07, 6.45) is 0. The van der Waals surface area contributed by atoms with Gasteiger partial charge < -0.3 is 10.2 Å². The highest BCUT2D eigenvalue weighted by atomic mass is 79.9. The molecule has 2 aromatic rings. The minimum Gasteiger partial charge on any atom is -0.331 e. The van der Waals surface area contributed by atoms with E-state index in [0.29, 0.717) is 6.54 Å². The lowest BCUT2D eigenvalue weighted by Gasteiger charge is -2.22. The van der Waals surface area contributed by atoms with Gasteiger partial charge in [-0.05, 0) is 42.3 Å². The standard InChI is InChI=1S/C17H18Br2N2O/c1-12(14-4-3-5-16(19)10-14)20-17(22)21(2)11-13-6-8-15(18)9-7-13/h3-10,12H,11H2,1-2H3,(H,20,22). The third-order valence-corrected chi connectivity index (χ3v) is 4.39. The molecule has 0 saturated heterocycles. The molecule has 0 spiro atoms. The lowest BCUT2D eigenvalue weighted by molar-refractivity contribution is 0.203. The average Bonchev–Trinajstić information content (AvgIpc) is 2.49. The molecular formula is C17H18Br2N2O. The van der Waals surface area contributed by atoms with E-state index in [1.54, 1.807) is 11.9 Å². The molecule has 2 rings (SSSR count). The molecule has 0 heterocycles. The second-order valence-corrected chi connectivity index (χ2v) is 7.04. The number of carbonyl (C=O) groups is 1. The Bertz CT molecular complexity index is 643. The highest BCUT2D eigenvalue weighted by molar-refractivity contribution is 9.10. The quantitative estimate of drug-likeness (QED) is 0.724. The van der Waals surface area contributed by atoms with E-state index >= 15 is 0 Å². The number of nitrogens with zero attached hydrogens (tertiary/aromatic N) is 1. The normalized spacial score (nSPS) is 11.8. The van der Waals surface area contributed by atoms with Crippen LogP contribution in [0, 0.1) is 0 Å². The van der Waals surface area contributed by atoms with Gasteiger partial charge in [-0.1, -0.05) is 56.1 Å². The van der Waals surface area contributed by atoms with Gasteiger partial charge in [0.05, 0.1) is 6.04 Å². The van der Waals surface area contributed by atoms with Crippen molar-refractivity contribution >= 4 is 37.9 Å². The van der Waals surface area contributed by atoms with E-state index in [1.807, 2.05) is 55.5 Å². The van der Waals surface area contributed by atoms with Crippen LogP contribution in [-0.2, 0) is 6.54 Å². The molecule has 0 aromatic heterocycles. The molecule has 0 aliphatic carbocycles. The van der Waals surface area contributed by atoms with Crippen molar-refractivity contribution < 1.29 is 4.79 Å². The van der Waals surface area contributed by atoms with E-state index in [1.165, 1.54) is 0 Å². The van der Waals surface area contributed by atoms with Crippen molar-refractivity contribution in [3.63, 3.8) is 0 Å². The number of hydrogen-bond donors (Lipinski definition) is 1. The van der Waals surface area contributed by atoms with Crippen molar-refractivity contribution in [3.8, 4) is 0 Å². The van der Waals surface area contributed by atoms with Crippen molar-refractivity contribution in [2.45, 2.75) is 19.5 Å². The van der Waals surface area contributed by atoms with Gasteiger partial charge in [-0.3, -0.25) is 0 Å². The molecule has 1 N–H and O–H groups in total. The monoisotopic (exact) mass is 424 g/mol. The number of halogens is 2. The maximum atomic E-state index is 12.3. The fraction of sp³-hybridized carbons (Fsp3) is 0.235. The first-order chi connectivity index (χ1) is 10.5. The van der Waals surface area contributed by atoms with Crippen LogP contribution >= 0.6 is 31.9 Å². The minimum atomic E-state index is -0.0876. The lowest BCUT2D eigenvalue weighted by Crippen LogP contribution is -2.38. The van der Waals surface area contributed by atoms with Gasteiger partial charge in [0.1, 0.15) is 0 Å². The highest BCUT2D eigenvalue weighted by Crippen LogP contribution is 2.18. The summed E-state index contributed by atoms with van der Waals surface area (Å²) in [5.41, 5.74) is 2.16. The molecule has 0 fully saturated rings. The molecule has 3 nitrogen and oxygen atoms in total. The van der Waals surface area contributed by atoms with Gasteiger partial charge in [-0.25, -0.2) is 4.79 Å². The van der Waals surface area contributed by atoms with Crippen LogP contribution in [0.15, 0.2) is 57.5 Å². The summed E-state index contributed by atoms with van der Waals surface area (Å²) in [5, 5.41) is 3.01. The lowest BCUT2D eigenvalue weighted by atomic mass is 10.1. The van der Waals surface area contributed by atoms with Gasteiger partial charge >= 0.3 is 6.03 Å². The molecule has 22 heavy (non-hydrogen) atoms. The van der Waals surface area contributed by atoms with E-state index in [2.05, 4.69) is 37.2 Å². The molecule has 1 atom stereocenters. The number of hydrogen-bond acceptors (Lipinski definition) is 1. The van der Waals surface area contributed by atoms with Gasteiger partial charge in [0.15, 0.2) is 0 Å². The number of nitrogens with one attached hydrogen (secondary N) is 1. The van der Waals surface area contributed by atoms with Gasteiger partial charge in [0.2, 0.25) is 0 Å². The van der Waals surface area contributed by atoms with E-state index in [0.717, 1.165) is 20.1 Å². The molecule has 0 aliphatic rings. The SMILES string of the molecule is CC(NC(=O)N(C)Cc1ccc(Br)cc1)c1cccc(Br)c1. The van der Waals surface area contributed by atoms with Gasteiger partial charge in [0.25, 0.3) is 0 Å². The van der Waals surface area contributed by atoms with Gasteiger partial charge in [0, 0.05) is 22.5 Å². The molecule has 0 aliphatic heterocycles. The van der Waals surface area contributed by atoms with Crippen LogP contribution in [0.1, 0.15) is 24.1 Å². The molecular weight excluding hydrogens is 408 g/mol. The smallest absolute Gasteiger partial charge is 0.317 e. The largest absolute Gasteiger partial charge is 0.331 e. The second-order valence-electron chi connectivity index (χ2n) is 5.21. The zero-order valence-electron chi connectivity index (χ0n) is 12.5. The Hall–Kier alpha value is -1.33. The molecule has 0 bridgehead atoms. The van der Waals surface area contributed by atoms with Crippen LogP contribution in [0.3, 0.4) is 0 Å². The van der Waals surface area contributed by atoms with Crippen LogP contribution in [0.25, 0.3) is 0 Å². The molecule has 1 unspecified atom stereocenters. The van der Waals surface area contributed by atoms with E-state index in [-0.39, 0.29) is 12.1 Å². The summed E-state index contributed by atoms with van der Waals surface area (Å²) in [5.74, 6) is 0. The topological polar surface area (TPSA) is 32.3 Å². The molecule has 5 heteroatoms. The average molecular weight is 426 g/mol. The first kappa shape index (κ1) is 17.0. The summed E-state index contributed by atoms with van der Waals surface area (Å²) < 4.78 is 2.04. The van der Waals surface area contributed by atoms with E-state index in [4.69, 9.17) is 0 Å². The molecule has 116 valence electrons. The van der Waals surface area contributed by atoms with Crippen LogP contribution in [0.4, 0.5) is 4.79 Å². The van der Waals surface area contributed by atoms with Crippen LogP contribution < -0.4 is 5.32 Å². The maximum absolute atomic E-state index is 12.3. The third-order valence-electron chi connectivity index (χ3n) is 3.37. The molecule has 2 amide bonds. The number of benzene rings is 2. The number of carbonyl (C=O) groups excluding carboxylic acids is 1. The number of amides is 2. The predicted octanol–water partition coefficient (Wildman–Crippen LogP) is 5.11. The number of rotatable bonds is 4. The Balaban J connectivity index is 1.94. The Labute approximate surface area is 148 Å². The van der Waals surface area contributed by atoms with Gasteiger partial charge in [-0.2, -0.15) is 0 Å². The van der Waals surface area contributed by atoms with Crippen molar-refractivity contribution in [1.29, 1.82) is 0 Å². The van der Waals surface area contributed by atoms with E-state index < -0.39 is 0 Å². The second kappa shape index (κ2) is 7.79. The predicted molar refractivity (Wildman–Crippen MR) is 96.7 cm³/mol. The highest BCUT2D eigenvalue weighted by Gasteiger charge is 2.13. The van der Waals surface area contributed by atoms with Crippen molar-refractivity contribution in [3.05, 3.63) is 68.6 Å². The third kappa shape index (κ3) is 4.85. The summed E-state index contributed by atoms with van der Waals surface area (Å²) in [6, 6.07) is 15.8. The zero-order valence-corrected chi connectivity index (χ0v) is 15.7. The first-order valence-electron chi connectivity index (χ1n) is 6.97.